The topological polar surface area (TPSA) is 357 Å². The summed E-state index contributed by atoms with van der Waals surface area (Å²) in [6, 6.07) is 20.4. The number of aryl methyl sites for hydroxylation is 3. The summed E-state index contributed by atoms with van der Waals surface area (Å²) in [7, 11) is -12.8. The summed E-state index contributed by atoms with van der Waals surface area (Å²) in [4.78, 5) is 43.9. The molecule has 0 spiro atoms. The summed E-state index contributed by atoms with van der Waals surface area (Å²) < 4.78 is 147. The SMILES string of the molecule is O=C(O)C1CCN(CCCc2cc(Cl)ccc2Oc2cc(F)c(S(=O)(=O)Nc3cscn3)cc2Cl)CC1.O=C(O)CCNCCCc1cc(Cl)ccc1Oc1cc(F)c(S(=O)(=O)Nc2ncns2)cc1Cl.O=C(O)CNCCCc1cc(Cl)ccc1Oc1cc(F)c(S(=O)(=O)Nc2nccs2)cc1Cl. The molecule has 10 rings (SSSR count). The fourth-order valence-electron chi connectivity index (χ4n) is 9.77. The highest BCUT2D eigenvalue weighted by atomic mass is 35.5. The zero-order valence-electron chi connectivity index (χ0n) is 53.8. The number of carbonyl (C=O) groups is 3. The first-order valence-electron chi connectivity index (χ1n) is 30.7. The molecule has 6 aromatic carbocycles. The lowest BCUT2D eigenvalue weighted by atomic mass is 9.97. The number of aromatic nitrogens is 4. The zero-order valence-corrected chi connectivity index (χ0v) is 63.2. The van der Waals surface area contributed by atoms with Gasteiger partial charge in [-0.3, -0.25) is 28.5 Å². The van der Waals surface area contributed by atoms with Crippen LogP contribution in [0.15, 0.2) is 134 Å². The highest BCUT2D eigenvalue weighted by Gasteiger charge is 2.29. The Morgan fingerprint density at radius 2 is 1.01 bits per heavy atom. The molecule has 0 aliphatic carbocycles. The minimum atomic E-state index is -4.28. The lowest BCUT2D eigenvalue weighted by molar-refractivity contribution is -0.143. The van der Waals surface area contributed by atoms with Crippen molar-refractivity contribution in [3.05, 3.63) is 184 Å². The number of nitrogens with zero attached hydrogens (tertiary/aromatic N) is 5. The highest BCUT2D eigenvalue weighted by molar-refractivity contribution is 7.93. The van der Waals surface area contributed by atoms with E-state index >= 15 is 0 Å². The van der Waals surface area contributed by atoms with Crippen LogP contribution in [0.25, 0.3) is 0 Å². The molecule has 9 aromatic rings. The Morgan fingerprint density at radius 3 is 1.42 bits per heavy atom. The first-order valence-corrected chi connectivity index (χ1v) is 40.0. The maximum absolute atomic E-state index is 14.9. The van der Waals surface area contributed by atoms with Gasteiger partial charge in [0.2, 0.25) is 5.13 Å². The number of sulfonamides is 3. The first kappa shape index (κ1) is 82.3. The number of hydrogen-bond acceptors (Lipinski definition) is 22. The van der Waals surface area contributed by atoms with Gasteiger partial charge in [0.1, 0.15) is 73.0 Å². The summed E-state index contributed by atoms with van der Waals surface area (Å²) in [5.74, 6) is -4.93. The van der Waals surface area contributed by atoms with Crippen molar-refractivity contribution in [3.8, 4) is 34.5 Å². The number of hydrogen-bond donors (Lipinski definition) is 8. The van der Waals surface area contributed by atoms with Crippen molar-refractivity contribution >= 4 is 168 Å². The van der Waals surface area contributed by atoms with E-state index in [2.05, 4.69) is 49.0 Å². The van der Waals surface area contributed by atoms with Crippen LogP contribution in [0, 0.1) is 23.4 Å². The van der Waals surface area contributed by atoms with Crippen LogP contribution in [0.4, 0.5) is 29.3 Å². The Morgan fingerprint density at radius 1 is 0.548 bits per heavy atom. The van der Waals surface area contributed by atoms with Crippen LogP contribution in [0.5, 0.6) is 34.5 Å². The molecule has 1 saturated heterocycles. The maximum atomic E-state index is 14.9. The molecule has 1 fully saturated rings. The number of thiazole rings is 2. The number of halogens is 9. The quantitative estimate of drug-likeness (QED) is 0.0177. The van der Waals surface area contributed by atoms with Crippen molar-refractivity contribution in [3.63, 3.8) is 0 Å². The zero-order chi connectivity index (χ0) is 75.3. The predicted octanol–water partition coefficient (Wildman–Crippen LogP) is 15.3. The fourth-order valence-corrected chi connectivity index (χ4v) is 16.4. The second-order valence-corrected chi connectivity index (χ2v) is 32.1. The Balaban J connectivity index is 0.000000198. The Hall–Kier alpha value is -7.39. The number of piperidine rings is 1. The summed E-state index contributed by atoms with van der Waals surface area (Å²) >= 11 is 40.1. The lowest BCUT2D eigenvalue weighted by Crippen LogP contribution is -2.36. The van der Waals surface area contributed by atoms with Crippen molar-refractivity contribution in [1.82, 2.24) is 34.9 Å². The number of anilines is 3. The van der Waals surface area contributed by atoms with E-state index in [0.717, 1.165) is 96.4 Å². The van der Waals surface area contributed by atoms with Gasteiger partial charge in [-0.25, -0.2) is 53.4 Å². The van der Waals surface area contributed by atoms with Gasteiger partial charge in [-0.15, -0.1) is 22.7 Å². The number of ether oxygens (including phenoxy) is 3. The van der Waals surface area contributed by atoms with Gasteiger partial charge in [0, 0.05) is 68.3 Å². The van der Waals surface area contributed by atoms with Crippen LogP contribution in [-0.2, 0) is 63.7 Å². The van der Waals surface area contributed by atoms with E-state index in [-0.39, 0.29) is 67.3 Å². The molecular formula is C64H61Cl6F3N10O15S6. The minimum absolute atomic E-state index is 0.0147. The largest absolute Gasteiger partial charge is 0.481 e. The molecule has 40 heteroatoms. The van der Waals surface area contributed by atoms with Crippen molar-refractivity contribution in [2.75, 3.05) is 60.0 Å². The molecule has 8 N–H and O–H groups in total. The number of carboxylic acid groups (broad SMARTS) is 3. The van der Waals surface area contributed by atoms with Gasteiger partial charge < -0.3 is 45.1 Å². The van der Waals surface area contributed by atoms with Gasteiger partial charge in [-0.05, 0) is 174 Å². The van der Waals surface area contributed by atoms with Crippen molar-refractivity contribution < 1.29 is 82.3 Å². The van der Waals surface area contributed by atoms with Gasteiger partial charge in [-0.2, -0.15) is 4.37 Å². The van der Waals surface area contributed by atoms with Crippen LogP contribution in [0.1, 0.15) is 55.2 Å². The van der Waals surface area contributed by atoms with E-state index < -0.39 is 80.1 Å². The van der Waals surface area contributed by atoms with Crippen molar-refractivity contribution in [2.24, 2.45) is 5.92 Å². The fraction of sp³-hybridized carbons (Fsp3) is 0.266. The van der Waals surface area contributed by atoms with Crippen LogP contribution in [0.3, 0.4) is 0 Å². The Labute approximate surface area is 636 Å². The molecule has 0 amide bonds. The third kappa shape index (κ3) is 24.9. The van der Waals surface area contributed by atoms with E-state index in [1.54, 1.807) is 60.0 Å². The van der Waals surface area contributed by atoms with Crippen LogP contribution in [0.2, 0.25) is 30.1 Å². The molecule has 1 aliphatic rings. The molecule has 3 aromatic heterocycles. The predicted molar refractivity (Wildman–Crippen MR) is 393 cm³/mol. The highest BCUT2D eigenvalue weighted by Crippen LogP contribution is 2.40. The van der Waals surface area contributed by atoms with Crippen LogP contribution < -0.4 is 39.0 Å². The maximum Gasteiger partial charge on any atom is 0.317 e. The van der Waals surface area contributed by atoms with Crippen LogP contribution >= 0.6 is 104 Å². The summed E-state index contributed by atoms with van der Waals surface area (Å²) in [6.45, 7) is 3.47. The Kier molecular flexibility index (Phi) is 30.7. The molecule has 0 atom stereocenters. The third-order valence-corrected chi connectivity index (χ3v) is 22.5. The van der Waals surface area contributed by atoms with Gasteiger partial charge >= 0.3 is 17.9 Å². The smallest absolute Gasteiger partial charge is 0.317 e. The van der Waals surface area contributed by atoms with Crippen LogP contribution in [-0.4, -0.2) is 129 Å². The number of aliphatic carboxylic acids is 3. The van der Waals surface area contributed by atoms with Gasteiger partial charge in [0.25, 0.3) is 30.1 Å². The number of carboxylic acids is 3. The molecule has 0 radical (unpaired) electrons. The second kappa shape index (κ2) is 38.8. The standard InChI is InChI=1S/C24H24Cl2FN3O5S2.C20H19Cl2FN4O5S2.C20H18Cl2FN3O5S2/c25-17-3-4-20(16(10-17)2-1-7-30-8-5-15(6-9-30)24(31)32)35-21-12-19(27)22(11-18(21)26)37(33,34)29-23-13-36-14-28-23;21-13-3-4-16(12(8-13)2-1-6-24-7-5-19(28)29)32-17-10-15(23)18(9-14(17)22)34(30,31)27-20-25-11-26-33-20;21-13-3-4-16(12(8-13)2-1-5-24-11-19(27)28)31-17-10-15(23)18(9-14(17)22)33(29,30)26-20-25-6-7-32-20/h3-4,10-15,29H,1-2,5-9H2,(H,31,32);3-4,8-11,24H,1-2,5-7H2,(H,28,29)(H,25,26,27);3-4,6-10,24H,1-2,5,11H2,(H,25,26)(H,27,28). The molecule has 4 heterocycles. The van der Waals surface area contributed by atoms with E-state index in [0.29, 0.717) is 102 Å². The number of benzene rings is 6. The molecule has 0 bridgehead atoms. The van der Waals surface area contributed by atoms with E-state index in [4.69, 9.17) is 99.1 Å². The van der Waals surface area contributed by atoms with E-state index in [1.165, 1.54) is 34.8 Å². The number of likely N-dealkylation sites (tertiary alicyclic amines) is 1. The summed E-state index contributed by atoms with van der Waals surface area (Å²) in [5.41, 5.74) is 3.64. The normalized spacial score (nSPS) is 12.7. The molecule has 1 aliphatic heterocycles. The van der Waals surface area contributed by atoms with Crippen molar-refractivity contribution in [1.29, 1.82) is 0 Å². The molecule has 0 saturated carbocycles. The third-order valence-electron chi connectivity index (χ3n) is 14.7. The number of nitrogens with one attached hydrogen (secondary N) is 5. The number of rotatable bonds is 33. The van der Waals surface area contributed by atoms with Gasteiger partial charge in [-0.1, -0.05) is 69.6 Å². The minimum Gasteiger partial charge on any atom is -0.481 e. The molecule has 556 valence electrons. The summed E-state index contributed by atoms with van der Waals surface area (Å²) in [6.07, 6.45) is 7.53. The first-order chi connectivity index (χ1) is 49.4. The van der Waals surface area contributed by atoms with Crippen molar-refractivity contribution in [2.45, 2.75) is 72.5 Å². The lowest BCUT2D eigenvalue weighted by Gasteiger charge is -2.30. The van der Waals surface area contributed by atoms with Gasteiger partial charge in [0.15, 0.2) is 10.9 Å². The molecular weight excluding hydrogens is 1610 g/mol. The average Bonchev–Trinajstić information content (AvgIpc) is 1.06. The molecule has 25 nitrogen and oxygen atoms in total. The molecule has 0 unspecified atom stereocenters. The second-order valence-electron chi connectivity index (χ2n) is 22.2. The van der Waals surface area contributed by atoms with E-state index in [1.807, 2.05) is 0 Å². The molecule has 104 heavy (non-hydrogen) atoms. The average molecular weight is 1670 g/mol. The Bertz CT molecular complexity index is 4810. The summed E-state index contributed by atoms with van der Waals surface area (Å²) in [5, 5.41) is 36.6. The van der Waals surface area contributed by atoms with E-state index in [9.17, 15) is 52.8 Å². The van der Waals surface area contributed by atoms with Gasteiger partial charge in [0.05, 0.1) is 39.5 Å². The monoisotopic (exact) mass is 1670 g/mol.